The van der Waals surface area contributed by atoms with Gasteiger partial charge >= 0.3 is 27.3 Å². The second kappa shape index (κ2) is 14.6. The number of rotatable bonds is 15. The number of hydrogen-bond acceptors (Lipinski definition) is 10. The van der Waals surface area contributed by atoms with Gasteiger partial charge in [-0.1, -0.05) is 23.7 Å². The van der Waals surface area contributed by atoms with Crippen molar-refractivity contribution in [3.05, 3.63) is 34.9 Å². The van der Waals surface area contributed by atoms with E-state index in [0.717, 1.165) is 0 Å². The number of ether oxygens (including phenoxy) is 2. The summed E-state index contributed by atoms with van der Waals surface area (Å²) in [4.78, 5) is 36.0. The Labute approximate surface area is 215 Å². The lowest BCUT2D eigenvalue weighted by atomic mass is 10.2. The lowest BCUT2D eigenvalue weighted by Crippen LogP contribution is -2.44. The summed E-state index contributed by atoms with van der Waals surface area (Å²) in [7, 11) is -9.29. The Morgan fingerprint density at radius 2 is 1.42 bits per heavy atom. The Bertz CT molecular complexity index is 948. The minimum Gasteiger partial charge on any atom is -0.461 e. The summed E-state index contributed by atoms with van der Waals surface area (Å²) < 4.78 is 52.1. The molecule has 4 atom stereocenters. The Morgan fingerprint density at radius 1 is 0.944 bits per heavy atom. The molecular weight excluding hydrogens is 540 g/mol. The van der Waals surface area contributed by atoms with Crippen LogP contribution in [0.2, 0.25) is 5.02 Å². The van der Waals surface area contributed by atoms with Crippen LogP contribution in [-0.2, 0) is 41.8 Å². The van der Waals surface area contributed by atoms with E-state index in [-0.39, 0.29) is 18.8 Å². The molecule has 1 aromatic carbocycles. The van der Waals surface area contributed by atoms with Crippen LogP contribution in [0.5, 0.6) is 0 Å². The van der Waals surface area contributed by atoms with Crippen molar-refractivity contribution in [2.24, 2.45) is 0 Å². The van der Waals surface area contributed by atoms with Crippen molar-refractivity contribution in [3.63, 3.8) is 0 Å². The highest BCUT2D eigenvalue weighted by Crippen LogP contribution is 2.61. The van der Waals surface area contributed by atoms with E-state index in [1.54, 1.807) is 0 Å². The molecule has 0 saturated heterocycles. The van der Waals surface area contributed by atoms with Gasteiger partial charge in [0.05, 0.1) is 25.4 Å². The number of halogens is 1. The summed E-state index contributed by atoms with van der Waals surface area (Å²) in [6.45, 7) is 8.92. The second-order valence-electron chi connectivity index (χ2n) is 7.92. The molecule has 0 spiro atoms. The molecule has 0 bridgehead atoms. The average Bonchev–Trinajstić information content (AvgIpc) is 2.75. The number of esters is 2. The van der Waals surface area contributed by atoms with Gasteiger partial charge in [-0.05, 0) is 59.2 Å². The summed E-state index contributed by atoms with van der Waals surface area (Å²) in [5, 5.41) is 13.2. The van der Waals surface area contributed by atoms with Crippen molar-refractivity contribution in [1.82, 2.24) is 5.09 Å². The van der Waals surface area contributed by atoms with Gasteiger partial charge in [0.25, 0.3) is 0 Å². The predicted octanol–water partition coefficient (Wildman–Crippen LogP) is 3.94. The van der Waals surface area contributed by atoms with Gasteiger partial charge in [-0.2, -0.15) is 0 Å². The first kappa shape index (κ1) is 32.7. The molecule has 0 fully saturated rings. The molecule has 0 aliphatic heterocycles. The second-order valence-corrected chi connectivity index (χ2v) is 12.0. The third kappa shape index (κ3) is 10.2. The van der Waals surface area contributed by atoms with Crippen LogP contribution in [0.3, 0.4) is 0 Å². The molecule has 0 aliphatic carbocycles. The zero-order chi connectivity index (χ0) is 27.7. The number of benzene rings is 1. The fourth-order valence-electron chi connectivity index (χ4n) is 2.76. The third-order valence-electron chi connectivity index (χ3n) is 4.12. The maximum Gasteiger partial charge on any atom is 0.406 e. The van der Waals surface area contributed by atoms with E-state index in [1.807, 2.05) is 0 Å². The zero-order valence-electron chi connectivity index (χ0n) is 21.0. The smallest absolute Gasteiger partial charge is 0.406 e. The van der Waals surface area contributed by atoms with Gasteiger partial charge in [0.15, 0.2) is 6.10 Å². The largest absolute Gasteiger partial charge is 0.461 e. The van der Waals surface area contributed by atoms with Crippen molar-refractivity contribution in [2.45, 2.75) is 71.7 Å². The number of nitrogens with one attached hydrogen (secondary N) is 1. The summed E-state index contributed by atoms with van der Waals surface area (Å²) in [6, 6.07) is 5.49. The lowest BCUT2D eigenvalue weighted by molar-refractivity contribution is -0.175. The van der Waals surface area contributed by atoms with E-state index < -0.39 is 57.5 Å². The number of carbonyl (C=O) groups excluding carboxylic acids is 2. The normalized spacial score (nSPS) is 16.3. The van der Waals surface area contributed by atoms with Crippen molar-refractivity contribution in [2.75, 3.05) is 13.2 Å². The molecule has 0 heterocycles. The Balaban J connectivity index is 3.50. The van der Waals surface area contributed by atoms with Gasteiger partial charge in [-0.3, -0.25) is 18.1 Å². The van der Waals surface area contributed by atoms with Crippen molar-refractivity contribution < 1.29 is 51.8 Å². The van der Waals surface area contributed by atoms with Crippen LogP contribution in [0.15, 0.2) is 24.3 Å². The summed E-state index contributed by atoms with van der Waals surface area (Å²) in [5.74, 6) is -4.37. The summed E-state index contributed by atoms with van der Waals surface area (Å²) in [5.41, 5.74) is 0.0556. The molecule has 0 radical (unpaired) electrons. The SMILES string of the molecule is CCOP(=O)(N[C@H](c1ccc(Cl)cc1)P(=O)(O)O[C@@H](C(=O)OC(C)C)[C@@H](O)C(=O)OC(C)C)OCC. The van der Waals surface area contributed by atoms with E-state index in [0.29, 0.717) is 5.02 Å². The van der Waals surface area contributed by atoms with Crippen molar-refractivity contribution >= 4 is 38.9 Å². The molecule has 15 heteroatoms. The van der Waals surface area contributed by atoms with Gasteiger partial charge in [-0.15, -0.1) is 0 Å². The molecule has 0 aromatic heterocycles. The molecule has 12 nitrogen and oxygen atoms in total. The number of carbonyl (C=O) groups is 2. The quantitative estimate of drug-likeness (QED) is 0.204. The minimum absolute atomic E-state index is 0.0556. The Kier molecular flexibility index (Phi) is 13.2. The molecule has 0 aliphatic rings. The van der Waals surface area contributed by atoms with Crippen LogP contribution >= 0.6 is 26.9 Å². The molecule has 0 amide bonds. The Morgan fingerprint density at radius 3 is 1.86 bits per heavy atom. The van der Waals surface area contributed by atoms with E-state index in [2.05, 4.69) is 5.09 Å². The molecule has 0 saturated carbocycles. The van der Waals surface area contributed by atoms with E-state index in [4.69, 9.17) is 34.6 Å². The first-order valence-electron chi connectivity index (χ1n) is 11.2. The fraction of sp³-hybridized carbons (Fsp3) is 0.619. The predicted molar refractivity (Wildman–Crippen MR) is 131 cm³/mol. The van der Waals surface area contributed by atoms with Gasteiger partial charge in [0.1, 0.15) is 5.78 Å². The average molecular weight is 574 g/mol. The summed E-state index contributed by atoms with van der Waals surface area (Å²) >= 11 is 5.92. The third-order valence-corrected chi connectivity index (χ3v) is 7.95. The van der Waals surface area contributed by atoms with E-state index in [9.17, 15) is 28.7 Å². The summed E-state index contributed by atoms with van der Waals surface area (Å²) in [6.07, 6.45) is -5.95. The molecule has 1 aromatic rings. The van der Waals surface area contributed by atoms with Crippen LogP contribution in [0.4, 0.5) is 0 Å². The zero-order valence-corrected chi connectivity index (χ0v) is 23.5. The number of hydrogen-bond donors (Lipinski definition) is 3. The topological polar surface area (TPSA) is 167 Å². The molecule has 1 unspecified atom stereocenters. The first-order valence-corrected chi connectivity index (χ1v) is 14.7. The lowest BCUT2D eigenvalue weighted by Gasteiger charge is -2.30. The fourth-order valence-corrected chi connectivity index (χ4v) is 6.44. The van der Waals surface area contributed by atoms with Crippen LogP contribution in [0, 0.1) is 0 Å². The highest BCUT2D eigenvalue weighted by molar-refractivity contribution is 7.56. The molecule has 36 heavy (non-hydrogen) atoms. The van der Waals surface area contributed by atoms with E-state index >= 15 is 0 Å². The van der Waals surface area contributed by atoms with Crippen molar-refractivity contribution in [1.29, 1.82) is 0 Å². The molecule has 206 valence electrons. The first-order chi connectivity index (χ1) is 16.7. The van der Waals surface area contributed by atoms with Gasteiger partial charge in [-0.25, -0.2) is 19.2 Å². The van der Waals surface area contributed by atoms with Crippen LogP contribution in [0.1, 0.15) is 52.9 Å². The molecular formula is C21H34ClNO11P2. The minimum atomic E-state index is -5.12. The standard InChI is InChI=1S/C21H34ClNO11P2/c1-7-30-36(29,31-8-2)23-19(15-9-11-16(22)12-10-15)35(27,28)34-18(21(26)33-14(5)6)17(24)20(25)32-13(3)4/h9-14,17-19,24H,7-8H2,1-6H3,(H,23,29)(H,27,28)/t17-,18-,19+/m1/s1. The maximum atomic E-state index is 13.6. The Hall–Kier alpha value is -1.33. The maximum absolute atomic E-state index is 13.6. The number of aliphatic hydroxyl groups is 1. The molecule has 3 N–H and O–H groups in total. The van der Waals surface area contributed by atoms with Crippen LogP contribution < -0.4 is 5.09 Å². The monoisotopic (exact) mass is 573 g/mol. The van der Waals surface area contributed by atoms with Crippen LogP contribution in [0.25, 0.3) is 0 Å². The van der Waals surface area contributed by atoms with Crippen molar-refractivity contribution in [3.8, 4) is 0 Å². The van der Waals surface area contributed by atoms with Crippen LogP contribution in [-0.4, -0.2) is 59.6 Å². The molecule has 1 rings (SSSR count). The van der Waals surface area contributed by atoms with Gasteiger partial charge in [0.2, 0.25) is 6.10 Å². The highest BCUT2D eigenvalue weighted by Gasteiger charge is 2.47. The van der Waals surface area contributed by atoms with Gasteiger partial charge in [0, 0.05) is 5.02 Å². The van der Waals surface area contributed by atoms with E-state index in [1.165, 1.54) is 65.8 Å². The van der Waals surface area contributed by atoms with Gasteiger partial charge < -0.3 is 19.5 Å². The number of aliphatic hydroxyl groups excluding tert-OH is 1. The highest BCUT2D eigenvalue weighted by atomic mass is 35.5.